The maximum atomic E-state index is 12.5. The van der Waals surface area contributed by atoms with Crippen molar-refractivity contribution in [1.82, 2.24) is 0 Å². The van der Waals surface area contributed by atoms with Gasteiger partial charge in [0.15, 0.2) is 6.54 Å². The van der Waals surface area contributed by atoms with E-state index in [1.165, 1.54) is 28.2 Å². The molecule has 6 heteroatoms. The lowest BCUT2D eigenvalue weighted by atomic mass is 9.96. The zero-order valence-corrected chi connectivity index (χ0v) is 15.3. The minimum Gasteiger partial charge on any atom is -0.321 e. The van der Waals surface area contributed by atoms with Crippen LogP contribution in [-0.2, 0) is 11.2 Å². The van der Waals surface area contributed by atoms with Gasteiger partial charge in [0.2, 0.25) is 0 Å². The molecule has 1 amide bonds. The van der Waals surface area contributed by atoms with Gasteiger partial charge in [0.1, 0.15) is 12.1 Å². The molecule has 0 saturated heterocycles. The SMILES string of the molecule is N#Cc1ccc(NC(=O)C[NH+]2CCc3sccc3[C@@H]2C2CC2)cc1Cl. The third kappa shape index (κ3) is 3.43. The lowest BCUT2D eigenvalue weighted by molar-refractivity contribution is -0.928. The number of carbonyl (C=O) groups is 1. The predicted molar refractivity (Wildman–Crippen MR) is 99.0 cm³/mol. The van der Waals surface area contributed by atoms with Crippen molar-refractivity contribution < 1.29 is 9.69 Å². The van der Waals surface area contributed by atoms with Crippen LogP contribution in [0.15, 0.2) is 29.6 Å². The van der Waals surface area contributed by atoms with E-state index in [2.05, 4.69) is 16.8 Å². The highest BCUT2D eigenvalue weighted by molar-refractivity contribution is 7.10. The summed E-state index contributed by atoms with van der Waals surface area (Å²) in [6, 6.07) is 9.74. The van der Waals surface area contributed by atoms with Gasteiger partial charge < -0.3 is 10.2 Å². The van der Waals surface area contributed by atoms with Crippen LogP contribution in [0.2, 0.25) is 5.02 Å². The van der Waals surface area contributed by atoms with Crippen molar-refractivity contribution in [3.63, 3.8) is 0 Å². The number of rotatable bonds is 4. The molecule has 1 aromatic carbocycles. The second-order valence-electron chi connectivity index (χ2n) is 6.80. The fourth-order valence-corrected chi connectivity index (χ4v) is 4.94. The van der Waals surface area contributed by atoms with Crippen LogP contribution in [0.25, 0.3) is 0 Å². The molecule has 0 radical (unpaired) electrons. The van der Waals surface area contributed by atoms with Crippen LogP contribution < -0.4 is 10.2 Å². The Balaban J connectivity index is 1.45. The monoisotopic (exact) mass is 372 g/mol. The quantitative estimate of drug-likeness (QED) is 0.867. The first-order valence-corrected chi connectivity index (χ1v) is 9.82. The molecule has 1 aliphatic heterocycles. The fraction of sp³-hybridized carbons (Fsp3) is 0.368. The van der Waals surface area contributed by atoms with Crippen molar-refractivity contribution in [2.24, 2.45) is 5.92 Å². The summed E-state index contributed by atoms with van der Waals surface area (Å²) in [5, 5.41) is 14.4. The van der Waals surface area contributed by atoms with E-state index >= 15 is 0 Å². The number of benzene rings is 1. The van der Waals surface area contributed by atoms with Gasteiger partial charge in [-0.15, -0.1) is 11.3 Å². The van der Waals surface area contributed by atoms with E-state index in [0.29, 0.717) is 28.9 Å². The molecule has 4 nitrogen and oxygen atoms in total. The number of hydrogen-bond donors (Lipinski definition) is 2. The molecule has 2 aliphatic rings. The van der Waals surface area contributed by atoms with Gasteiger partial charge in [0, 0.05) is 28.5 Å². The summed E-state index contributed by atoms with van der Waals surface area (Å²) in [7, 11) is 0. The Morgan fingerprint density at radius 3 is 2.96 bits per heavy atom. The topological polar surface area (TPSA) is 57.3 Å². The zero-order chi connectivity index (χ0) is 17.4. The molecule has 2 N–H and O–H groups in total. The van der Waals surface area contributed by atoms with Gasteiger partial charge in [-0.2, -0.15) is 5.26 Å². The van der Waals surface area contributed by atoms with E-state index in [1.54, 1.807) is 18.2 Å². The van der Waals surface area contributed by atoms with E-state index in [4.69, 9.17) is 16.9 Å². The van der Waals surface area contributed by atoms with Crippen molar-refractivity contribution in [2.45, 2.75) is 25.3 Å². The summed E-state index contributed by atoms with van der Waals surface area (Å²) in [4.78, 5) is 15.4. The normalized spacial score (nSPS) is 22.1. The van der Waals surface area contributed by atoms with Crippen LogP contribution >= 0.6 is 22.9 Å². The lowest BCUT2D eigenvalue weighted by Gasteiger charge is -2.32. The standard InChI is InChI=1S/C19H18ClN3OS/c20-16-9-14(4-3-13(16)10-21)22-18(24)11-23-7-5-17-15(6-8-25-17)19(23)12-1-2-12/h3-4,6,8-9,12,19H,1-2,5,7,11H2,(H,22,24)/p+1/t19-/m0/s1. The lowest BCUT2D eigenvalue weighted by Crippen LogP contribution is -3.14. The van der Waals surface area contributed by atoms with E-state index in [0.717, 1.165) is 18.9 Å². The van der Waals surface area contributed by atoms with E-state index in [9.17, 15) is 4.79 Å². The molecule has 4 rings (SSSR count). The summed E-state index contributed by atoms with van der Waals surface area (Å²) in [5.41, 5.74) is 2.52. The second kappa shape index (κ2) is 6.80. The Kier molecular flexibility index (Phi) is 4.51. The number of anilines is 1. The predicted octanol–water partition coefficient (Wildman–Crippen LogP) is 2.80. The summed E-state index contributed by atoms with van der Waals surface area (Å²) in [6.45, 7) is 1.48. The Morgan fingerprint density at radius 1 is 1.40 bits per heavy atom. The number of nitriles is 1. The number of thiophene rings is 1. The highest BCUT2D eigenvalue weighted by Gasteiger charge is 2.43. The minimum absolute atomic E-state index is 0.0000962. The van der Waals surface area contributed by atoms with E-state index in [-0.39, 0.29) is 5.91 Å². The van der Waals surface area contributed by atoms with Gasteiger partial charge >= 0.3 is 0 Å². The molecule has 2 aromatic rings. The second-order valence-corrected chi connectivity index (χ2v) is 8.21. The smallest absolute Gasteiger partial charge is 0.279 e. The van der Waals surface area contributed by atoms with E-state index in [1.807, 2.05) is 17.4 Å². The molecule has 128 valence electrons. The van der Waals surface area contributed by atoms with Crippen molar-refractivity contribution in [3.05, 3.63) is 50.7 Å². The Hall–Kier alpha value is -1.87. The van der Waals surface area contributed by atoms with Crippen molar-refractivity contribution in [3.8, 4) is 6.07 Å². The van der Waals surface area contributed by atoms with Crippen molar-refractivity contribution >= 4 is 34.5 Å². The molecule has 25 heavy (non-hydrogen) atoms. The summed E-state index contributed by atoms with van der Waals surface area (Å²) in [5.74, 6) is 0.723. The molecule has 0 bridgehead atoms. The minimum atomic E-state index is 0.0000962. The summed E-state index contributed by atoms with van der Waals surface area (Å²) < 4.78 is 0. The van der Waals surface area contributed by atoms with Crippen LogP contribution in [-0.4, -0.2) is 19.0 Å². The average molecular weight is 373 g/mol. The largest absolute Gasteiger partial charge is 0.321 e. The molecule has 0 spiro atoms. The molecule has 1 fully saturated rings. The van der Waals surface area contributed by atoms with E-state index < -0.39 is 0 Å². The summed E-state index contributed by atoms with van der Waals surface area (Å²) in [6.07, 6.45) is 3.61. The molecule has 1 aliphatic carbocycles. The number of nitrogens with zero attached hydrogens (tertiary/aromatic N) is 1. The molecule has 1 aromatic heterocycles. The Morgan fingerprint density at radius 2 is 2.24 bits per heavy atom. The van der Waals surface area contributed by atoms with Crippen LogP contribution in [0.1, 0.15) is 34.9 Å². The Bertz CT molecular complexity index is 853. The molecule has 1 saturated carbocycles. The number of hydrogen-bond acceptors (Lipinski definition) is 3. The molecular weight excluding hydrogens is 354 g/mol. The molecule has 2 atom stereocenters. The maximum absolute atomic E-state index is 12.5. The molecule has 1 unspecified atom stereocenters. The summed E-state index contributed by atoms with van der Waals surface area (Å²) >= 11 is 7.89. The van der Waals surface area contributed by atoms with Crippen LogP contribution in [0, 0.1) is 17.2 Å². The molecular formula is C19H19ClN3OS+. The zero-order valence-electron chi connectivity index (χ0n) is 13.7. The number of quaternary nitrogens is 1. The highest BCUT2D eigenvalue weighted by Crippen LogP contribution is 2.42. The maximum Gasteiger partial charge on any atom is 0.279 e. The van der Waals surface area contributed by atoms with Gasteiger partial charge in [0.05, 0.1) is 17.1 Å². The number of carbonyl (C=O) groups excluding carboxylic acids is 1. The average Bonchev–Trinajstić information content (AvgIpc) is 3.31. The van der Waals surface area contributed by atoms with Crippen LogP contribution in [0.5, 0.6) is 0 Å². The first kappa shape index (κ1) is 16.6. The highest BCUT2D eigenvalue weighted by atomic mass is 35.5. The third-order valence-corrected chi connectivity index (χ3v) is 6.39. The van der Waals surface area contributed by atoms with Crippen LogP contribution in [0.4, 0.5) is 5.69 Å². The van der Waals surface area contributed by atoms with Gasteiger partial charge in [-0.1, -0.05) is 11.6 Å². The van der Waals surface area contributed by atoms with Crippen molar-refractivity contribution in [2.75, 3.05) is 18.4 Å². The van der Waals surface area contributed by atoms with Crippen LogP contribution in [0.3, 0.4) is 0 Å². The molecule has 2 heterocycles. The van der Waals surface area contributed by atoms with Gasteiger partial charge in [-0.05, 0) is 42.5 Å². The van der Waals surface area contributed by atoms with Crippen molar-refractivity contribution in [1.29, 1.82) is 5.26 Å². The first-order chi connectivity index (χ1) is 12.2. The van der Waals surface area contributed by atoms with Gasteiger partial charge in [-0.25, -0.2) is 0 Å². The number of nitrogens with one attached hydrogen (secondary N) is 2. The fourth-order valence-electron chi connectivity index (χ4n) is 3.79. The number of halogens is 1. The number of fused-ring (bicyclic) bond motifs is 1. The third-order valence-electron chi connectivity index (χ3n) is 5.08. The Labute approximate surface area is 156 Å². The number of amides is 1. The van der Waals surface area contributed by atoms with Gasteiger partial charge in [0.25, 0.3) is 5.91 Å². The first-order valence-electron chi connectivity index (χ1n) is 8.56. The van der Waals surface area contributed by atoms with Gasteiger partial charge in [-0.3, -0.25) is 4.79 Å².